The fourth-order valence-corrected chi connectivity index (χ4v) is 2.70. The van der Waals surface area contributed by atoms with Crippen molar-refractivity contribution >= 4 is 18.3 Å². The summed E-state index contributed by atoms with van der Waals surface area (Å²) in [5.74, 6) is -0.226. The molecule has 1 atom stereocenters. The number of hydrogen-bond acceptors (Lipinski definition) is 2. The SMILES string of the molecule is CCN(C(=O)c1ccc(CN)cc1)C(C)c1cccc(C(F)(F)F)c1.Cl. The highest BCUT2D eigenvalue weighted by molar-refractivity contribution is 5.94. The summed E-state index contributed by atoms with van der Waals surface area (Å²) in [4.78, 5) is 14.3. The van der Waals surface area contributed by atoms with E-state index in [2.05, 4.69) is 0 Å². The van der Waals surface area contributed by atoms with Gasteiger partial charge in [0, 0.05) is 18.7 Å². The van der Waals surface area contributed by atoms with Gasteiger partial charge in [0.2, 0.25) is 0 Å². The summed E-state index contributed by atoms with van der Waals surface area (Å²) in [6, 6.07) is 11.5. The van der Waals surface area contributed by atoms with Crippen LogP contribution in [0.1, 0.15) is 46.9 Å². The van der Waals surface area contributed by atoms with Crippen molar-refractivity contribution in [1.29, 1.82) is 0 Å². The van der Waals surface area contributed by atoms with Gasteiger partial charge >= 0.3 is 6.18 Å². The lowest BCUT2D eigenvalue weighted by Crippen LogP contribution is -2.33. The molecule has 1 amide bonds. The van der Waals surface area contributed by atoms with Crippen molar-refractivity contribution in [2.75, 3.05) is 6.54 Å². The van der Waals surface area contributed by atoms with Crippen molar-refractivity contribution in [2.45, 2.75) is 32.6 Å². The second-order valence-corrected chi connectivity index (χ2v) is 5.79. The highest BCUT2D eigenvalue weighted by Gasteiger charge is 2.31. The van der Waals surface area contributed by atoms with E-state index in [1.165, 1.54) is 6.07 Å². The zero-order valence-electron chi connectivity index (χ0n) is 14.6. The van der Waals surface area contributed by atoms with Gasteiger partial charge in [0.15, 0.2) is 0 Å². The van der Waals surface area contributed by atoms with Crippen LogP contribution in [0, 0.1) is 0 Å². The van der Waals surface area contributed by atoms with E-state index < -0.39 is 17.8 Å². The Labute approximate surface area is 157 Å². The van der Waals surface area contributed by atoms with Crippen molar-refractivity contribution in [3.8, 4) is 0 Å². The zero-order chi connectivity index (χ0) is 18.6. The van der Waals surface area contributed by atoms with E-state index in [1.807, 2.05) is 0 Å². The van der Waals surface area contributed by atoms with Gasteiger partial charge in [0.1, 0.15) is 0 Å². The molecule has 142 valence electrons. The summed E-state index contributed by atoms with van der Waals surface area (Å²) in [6.45, 7) is 4.29. The maximum atomic E-state index is 12.9. The summed E-state index contributed by atoms with van der Waals surface area (Å²) >= 11 is 0. The Balaban J connectivity index is 0.00000338. The van der Waals surface area contributed by atoms with Crippen LogP contribution in [0.25, 0.3) is 0 Å². The Morgan fingerprint density at radius 3 is 2.27 bits per heavy atom. The van der Waals surface area contributed by atoms with Crippen molar-refractivity contribution in [3.63, 3.8) is 0 Å². The summed E-state index contributed by atoms with van der Waals surface area (Å²) < 4.78 is 38.8. The van der Waals surface area contributed by atoms with Crippen LogP contribution in [0.4, 0.5) is 13.2 Å². The Morgan fingerprint density at radius 2 is 1.77 bits per heavy atom. The van der Waals surface area contributed by atoms with E-state index in [4.69, 9.17) is 5.73 Å². The minimum absolute atomic E-state index is 0. The fraction of sp³-hybridized carbons (Fsp3) is 0.316. The quantitative estimate of drug-likeness (QED) is 0.801. The Hall–Kier alpha value is -2.05. The molecule has 0 saturated heterocycles. The van der Waals surface area contributed by atoms with Gasteiger partial charge in [-0.05, 0) is 49.2 Å². The van der Waals surface area contributed by atoms with Crippen molar-refractivity contribution in [2.24, 2.45) is 5.73 Å². The highest BCUT2D eigenvalue weighted by atomic mass is 35.5. The molecule has 0 radical (unpaired) electrons. The third-order valence-electron chi connectivity index (χ3n) is 4.20. The van der Waals surface area contributed by atoms with Crippen LogP contribution in [-0.4, -0.2) is 17.4 Å². The third kappa shape index (κ3) is 4.99. The topological polar surface area (TPSA) is 46.3 Å². The molecule has 0 fully saturated rings. The predicted molar refractivity (Wildman–Crippen MR) is 98.2 cm³/mol. The Morgan fingerprint density at radius 1 is 1.15 bits per heavy atom. The van der Waals surface area contributed by atoms with Crippen LogP contribution in [0.2, 0.25) is 0 Å². The van der Waals surface area contributed by atoms with E-state index in [-0.39, 0.29) is 18.3 Å². The molecule has 0 spiro atoms. The number of carbonyl (C=O) groups excluding carboxylic acids is 1. The molecule has 0 aliphatic rings. The fourth-order valence-electron chi connectivity index (χ4n) is 2.70. The average Bonchev–Trinajstić information content (AvgIpc) is 2.61. The molecule has 2 N–H and O–H groups in total. The molecule has 0 heterocycles. The van der Waals surface area contributed by atoms with Gasteiger partial charge < -0.3 is 10.6 Å². The largest absolute Gasteiger partial charge is 0.416 e. The molecule has 0 bridgehead atoms. The second-order valence-electron chi connectivity index (χ2n) is 5.79. The maximum absolute atomic E-state index is 12.9. The summed E-state index contributed by atoms with van der Waals surface area (Å²) in [6.07, 6.45) is -4.41. The standard InChI is InChI=1S/C19H21F3N2O.ClH/c1-3-24(18(25)15-9-7-14(12-23)8-10-15)13(2)16-5-4-6-17(11-16)19(20,21)22;/h4-11,13H,3,12,23H2,1-2H3;1H. The van der Waals surface area contributed by atoms with Crippen molar-refractivity contribution in [3.05, 3.63) is 70.8 Å². The number of nitrogens with two attached hydrogens (primary N) is 1. The van der Waals surface area contributed by atoms with Crippen LogP contribution in [0.15, 0.2) is 48.5 Å². The number of amides is 1. The second kappa shape index (κ2) is 9.05. The average molecular weight is 387 g/mol. The number of rotatable bonds is 5. The van der Waals surface area contributed by atoms with Gasteiger partial charge in [-0.1, -0.05) is 24.3 Å². The van der Waals surface area contributed by atoms with E-state index in [1.54, 1.807) is 49.1 Å². The van der Waals surface area contributed by atoms with Crippen molar-refractivity contribution < 1.29 is 18.0 Å². The van der Waals surface area contributed by atoms with Gasteiger partial charge in [-0.2, -0.15) is 13.2 Å². The molecule has 2 rings (SSSR count). The number of benzene rings is 2. The van der Waals surface area contributed by atoms with Crippen LogP contribution in [0.5, 0.6) is 0 Å². The molecule has 0 saturated carbocycles. The molecule has 1 unspecified atom stereocenters. The normalized spacial score (nSPS) is 12.2. The lowest BCUT2D eigenvalue weighted by molar-refractivity contribution is -0.137. The molecule has 0 aliphatic heterocycles. The van der Waals surface area contributed by atoms with Crippen LogP contribution >= 0.6 is 12.4 Å². The minimum atomic E-state index is -4.41. The molecule has 3 nitrogen and oxygen atoms in total. The van der Waals surface area contributed by atoms with E-state index in [0.717, 1.165) is 17.7 Å². The zero-order valence-corrected chi connectivity index (χ0v) is 15.4. The van der Waals surface area contributed by atoms with Crippen LogP contribution in [0.3, 0.4) is 0 Å². The van der Waals surface area contributed by atoms with Gasteiger partial charge in [0.25, 0.3) is 5.91 Å². The van der Waals surface area contributed by atoms with E-state index in [0.29, 0.717) is 24.2 Å². The van der Waals surface area contributed by atoms with Gasteiger partial charge in [-0.15, -0.1) is 12.4 Å². The lowest BCUT2D eigenvalue weighted by Gasteiger charge is -2.29. The molecular weight excluding hydrogens is 365 g/mol. The monoisotopic (exact) mass is 386 g/mol. The smallest absolute Gasteiger partial charge is 0.332 e. The first kappa shape index (κ1) is 22.0. The first-order valence-corrected chi connectivity index (χ1v) is 8.05. The number of halogens is 4. The first-order chi connectivity index (χ1) is 11.8. The molecule has 0 aromatic heterocycles. The molecule has 0 aliphatic carbocycles. The number of nitrogens with zero attached hydrogens (tertiary/aromatic N) is 1. The maximum Gasteiger partial charge on any atom is 0.416 e. The van der Waals surface area contributed by atoms with E-state index in [9.17, 15) is 18.0 Å². The van der Waals surface area contributed by atoms with Crippen LogP contribution in [-0.2, 0) is 12.7 Å². The summed E-state index contributed by atoms with van der Waals surface area (Å²) in [7, 11) is 0. The predicted octanol–water partition coefficient (Wildman–Crippen LogP) is 4.81. The van der Waals surface area contributed by atoms with Gasteiger partial charge in [-0.25, -0.2) is 0 Å². The molecular formula is C19H22ClF3N2O. The first-order valence-electron chi connectivity index (χ1n) is 8.05. The van der Waals surface area contributed by atoms with Crippen molar-refractivity contribution in [1.82, 2.24) is 4.90 Å². The molecule has 2 aromatic rings. The number of carbonyl (C=O) groups is 1. The number of hydrogen-bond donors (Lipinski definition) is 1. The van der Waals surface area contributed by atoms with Gasteiger partial charge in [0.05, 0.1) is 11.6 Å². The third-order valence-corrected chi connectivity index (χ3v) is 4.20. The molecule has 7 heteroatoms. The number of alkyl halides is 3. The minimum Gasteiger partial charge on any atom is -0.332 e. The molecule has 2 aromatic carbocycles. The van der Waals surface area contributed by atoms with Gasteiger partial charge in [-0.3, -0.25) is 4.79 Å². The Kier molecular flexibility index (Phi) is 7.66. The molecule has 26 heavy (non-hydrogen) atoms. The summed E-state index contributed by atoms with van der Waals surface area (Å²) in [5, 5.41) is 0. The Bertz CT molecular complexity index is 732. The van der Waals surface area contributed by atoms with E-state index >= 15 is 0 Å². The highest BCUT2D eigenvalue weighted by Crippen LogP contribution is 2.32. The summed E-state index contributed by atoms with van der Waals surface area (Å²) in [5.41, 5.74) is 6.67. The van der Waals surface area contributed by atoms with Crippen LogP contribution < -0.4 is 5.73 Å². The lowest BCUT2D eigenvalue weighted by atomic mass is 10.0.